The summed E-state index contributed by atoms with van der Waals surface area (Å²) in [6.07, 6.45) is 1.53. The first kappa shape index (κ1) is 35.3. The van der Waals surface area contributed by atoms with Crippen LogP contribution in [0.4, 0.5) is 28.1 Å². The van der Waals surface area contributed by atoms with E-state index in [1.807, 2.05) is 51.1 Å². The maximum absolute atomic E-state index is 12.7. The number of carbonyl (C=O) groups is 2. The van der Waals surface area contributed by atoms with Crippen molar-refractivity contribution in [2.45, 2.75) is 20.8 Å². The molecule has 2 aromatic carbocycles. The number of halogens is 3. The van der Waals surface area contributed by atoms with E-state index in [4.69, 9.17) is 39.9 Å². The topological polar surface area (TPSA) is 136 Å². The molecule has 1 fully saturated rings. The highest BCUT2D eigenvalue weighted by molar-refractivity contribution is 7.17. The summed E-state index contributed by atoms with van der Waals surface area (Å²) in [5.41, 5.74) is 3.04. The molecule has 3 heterocycles. The van der Waals surface area contributed by atoms with Gasteiger partial charge in [0.15, 0.2) is 5.13 Å². The second kappa shape index (κ2) is 16.9. The van der Waals surface area contributed by atoms with Gasteiger partial charge < -0.3 is 26.0 Å². The molecule has 2 aromatic heterocycles. The van der Waals surface area contributed by atoms with Gasteiger partial charge in [-0.05, 0) is 44.0 Å². The van der Waals surface area contributed by atoms with Gasteiger partial charge >= 0.3 is 0 Å². The summed E-state index contributed by atoms with van der Waals surface area (Å²) >= 11 is 18.7. The number of thiazole rings is 1. The first-order chi connectivity index (χ1) is 22.1. The molecule has 0 bridgehead atoms. The molecule has 0 aliphatic carbocycles. The molecule has 46 heavy (non-hydrogen) atoms. The van der Waals surface area contributed by atoms with Crippen molar-refractivity contribution in [2.75, 3.05) is 66.1 Å². The standard InChI is InChI=1S/C22H26ClN7O2S.C9H9Cl2NO/c1-14-4-3-5-16(23)20(14)28-21(32)17-13-24-22(33-17)27-18-12-19(26-15(2)25-18)30-8-6-29(7-9-30)10-11-31;1-6-3-2-4-7(11)9(6)12-8(13)5-10/h3-5,12-13,31H,6-11H2,1-2H3,(H,28,32)(H,24,25,26,27);2-4H,5H2,1H3,(H,12,13). The molecule has 15 heteroatoms. The molecule has 4 N–H and O–H groups in total. The molecule has 1 aliphatic rings. The number of nitrogens with zero attached hydrogens (tertiary/aromatic N) is 5. The third kappa shape index (κ3) is 9.74. The first-order valence-electron chi connectivity index (χ1n) is 14.4. The predicted molar refractivity (Wildman–Crippen MR) is 188 cm³/mol. The van der Waals surface area contributed by atoms with Crippen LogP contribution in [-0.2, 0) is 4.79 Å². The van der Waals surface area contributed by atoms with Crippen molar-refractivity contribution in [3.63, 3.8) is 0 Å². The van der Waals surface area contributed by atoms with Crippen LogP contribution in [0.2, 0.25) is 10.0 Å². The fourth-order valence-corrected chi connectivity index (χ4v) is 5.92. The molecule has 0 atom stereocenters. The molecule has 2 amide bonds. The van der Waals surface area contributed by atoms with E-state index in [1.165, 1.54) is 17.5 Å². The van der Waals surface area contributed by atoms with Crippen molar-refractivity contribution in [3.05, 3.63) is 80.5 Å². The number of aliphatic hydroxyl groups is 1. The molecule has 244 valence electrons. The van der Waals surface area contributed by atoms with Crippen LogP contribution in [0.5, 0.6) is 0 Å². The van der Waals surface area contributed by atoms with Crippen LogP contribution in [0.15, 0.2) is 48.7 Å². The van der Waals surface area contributed by atoms with Crippen LogP contribution in [0.1, 0.15) is 26.6 Å². The molecule has 1 aliphatic heterocycles. The molecule has 0 radical (unpaired) electrons. The zero-order chi connectivity index (χ0) is 33.2. The van der Waals surface area contributed by atoms with Gasteiger partial charge in [0.25, 0.3) is 5.91 Å². The number of nitrogens with one attached hydrogen (secondary N) is 3. The number of anilines is 5. The van der Waals surface area contributed by atoms with Crippen LogP contribution in [-0.4, -0.2) is 82.0 Å². The van der Waals surface area contributed by atoms with E-state index >= 15 is 0 Å². The van der Waals surface area contributed by atoms with Gasteiger partial charge in [-0.3, -0.25) is 14.5 Å². The zero-order valence-electron chi connectivity index (χ0n) is 25.6. The third-order valence-electron chi connectivity index (χ3n) is 6.97. The molecule has 0 saturated carbocycles. The van der Waals surface area contributed by atoms with Crippen molar-refractivity contribution in [3.8, 4) is 0 Å². The van der Waals surface area contributed by atoms with Crippen molar-refractivity contribution in [1.82, 2.24) is 19.9 Å². The largest absolute Gasteiger partial charge is 0.395 e. The number of rotatable bonds is 9. The number of hydrogen-bond donors (Lipinski definition) is 4. The summed E-state index contributed by atoms with van der Waals surface area (Å²) in [4.78, 5) is 42.0. The quantitative estimate of drug-likeness (QED) is 0.152. The fourth-order valence-electron chi connectivity index (χ4n) is 4.59. The van der Waals surface area contributed by atoms with Crippen LogP contribution < -0.4 is 20.9 Å². The summed E-state index contributed by atoms with van der Waals surface area (Å²) in [7, 11) is 0. The smallest absolute Gasteiger partial charge is 0.267 e. The summed E-state index contributed by atoms with van der Waals surface area (Å²) in [5.74, 6) is 1.53. The Kier molecular flexibility index (Phi) is 13.0. The lowest BCUT2D eigenvalue weighted by atomic mass is 10.2. The molecule has 0 unspecified atom stereocenters. The lowest BCUT2D eigenvalue weighted by molar-refractivity contribution is -0.113. The summed E-state index contributed by atoms with van der Waals surface area (Å²) < 4.78 is 0. The Hall–Kier alpha value is -3.52. The monoisotopic (exact) mass is 704 g/mol. The lowest BCUT2D eigenvalue weighted by Gasteiger charge is -2.35. The number of β-amino-alcohol motifs (C(OH)–C–C–N with tert-alkyl or cyclic N) is 1. The van der Waals surface area contributed by atoms with E-state index in [-0.39, 0.29) is 24.3 Å². The molecule has 1 saturated heterocycles. The van der Waals surface area contributed by atoms with Gasteiger partial charge in [-0.25, -0.2) is 15.0 Å². The number of alkyl halides is 1. The number of aromatic nitrogens is 3. The highest BCUT2D eigenvalue weighted by atomic mass is 35.5. The van der Waals surface area contributed by atoms with Crippen LogP contribution in [0, 0.1) is 20.8 Å². The number of amides is 2. The minimum Gasteiger partial charge on any atom is -0.395 e. The highest BCUT2D eigenvalue weighted by Gasteiger charge is 2.19. The Labute approximate surface area is 286 Å². The van der Waals surface area contributed by atoms with Gasteiger partial charge in [0.2, 0.25) is 5.91 Å². The van der Waals surface area contributed by atoms with Crippen molar-refractivity contribution in [1.29, 1.82) is 0 Å². The maximum atomic E-state index is 12.7. The summed E-state index contributed by atoms with van der Waals surface area (Å²) in [6, 6.07) is 12.8. The van der Waals surface area contributed by atoms with E-state index in [1.54, 1.807) is 12.1 Å². The van der Waals surface area contributed by atoms with Gasteiger partial charge in [0.1, 0.15) is 28.2 Å². The maximum Gasteiger partial charge on any atom is 0.267 e. The first-order valence-corrected chi connectivity index (χ1v) is 16.5. The summed E-state index contributed by atoms with van der Waals surface area (Å²) in [5, 5.41) is 19.4. The summed E-state index contributed by atoms with van der Waals surface area (Å²) in [6.45, 7) is 9.90. The van der Waals surface area contributed by atoms with Crippen molar-refractivity contribution < 1.29 is 14.7 Å². The zero-order valence-corrected chi connectivity index (χ0v) is 28.7. The van der Waals surface area contributed by atoms with E-state index in [0.717, 1.165) is 43.1 Å². The van der Waals surface area contributed by atoms with E-state index in [0.29, 0.717) is 49.6 Å². The Bertz CT molecular complexity index is 1620. The number of piperazine rings is 1. The van der Waals surface area contributed by atoms with Crippen LogP contribution in [0.25, 0.3) is 0 Å². The van der Waals surface area contributed by atoms with E-state index < -0.39 is 0 Å². The Balaban J connectivity index is 0.000000310. The van der Waals surface area contributed by atoms with Gasteiger partial charge in [-0.15, -0.1) is 11.6 Å². The predicted octanol–water partition coefficient (Wildman–Crippen LogP) is 6.14. The fraction of sp³-hybridized carbons (Fsp3) is 0.323. The Morgan fingerprint density at radius 1 is 0.935 bits per heavy atom. The molecular weight excluding hydrogens is 671 g/mol. The number of aryl methyl sites for hydroxylation is 3. The van der Waals surface area contributed by atoms with Gasteiger partial charge in [-0.2, -0.15) is 0 Å². The normalized spacial score (nSPS) is 13.1. The molecule has 0 spiro atoms. The number of para-hydroxylation sites is 2. The molecular formula is C31H35Cl3N8O3S. The van der Waals surface area contributed by atoms with Gasteiger partial charge in [0, 0.05) is 38.8 Å². The van der Waals surface area contributed by atoms with E-state index in [9.17, 15) is 9.59 Å². The molecule has 4 aromatic rings. The van der Waals surface area contributed by atoms with Crippen LogP contribution in [0.3, 0.4) is 0 Å². The average Bonchev–Trinajstić information content (AvgIpc) is 3.50. The number of carbonyl (C=O) groups excluding carboxylic acids is 2. The average molecular weight is 706 g/mol. The number of benzene rings is 2. The Morgan fingerprint density at radius 2 is 1.57 bits per heavy atom. The molecule has 11 nitrogen and oxygen atoms in total. The molecule has 5 rings (SSSR count). The van der Waals surface area contributed by atoms with Crippen molar-refractivity contribution >= 4 is 86.1 Å². The minimum absolute atomic E-state index is 0.0648. The van der Waals surface area contributed by atoms with E-state index in [2.05, 4.69) is 40.7 Å². The lowest BCUT2D eigenvalue weighted by Crippen LogP contribution is -2.47. The van der Waals surface area contributed by atoms with Gasteiger partial charge in [-0.1, -0.05) is 58.8 Å². The minimum atomic E-state index is -0.267. The second-order valence-corrected chi connectivity index (χ2v) is 12.5. The van der Waals surface area contributed by atoms with Crippen LogP contribution >= 0.6 is 46.1 Å². The number of hydrogen-bond acceptors (Lipinski definition) is 10. The third-order valence-corrected chi connectivity index (χ3v) is 8.75. The Morgan fingerprint density at radius 3 is 2.15 bits per heavy atom. The second-order valence-electron chi connectivity index (χ2n) is 10.4. The number of aliphatic hydroxyl groups excluding tert-OH is 1. The highest BCUT2D eigenvalue weighted by Crippen LogP contribution is 2.29. The van der Waals surface area contributed by atoms with Gasteiger partial charge in [0.05, 0.1) is 34.2 Å². The van der Waals surface area contributed by atoms with Crippen molar-refractivity contribution in [2.24, 2.45) is 0 Å². The SMILES string of the molecule is Cc1cccc(Cl)c1NC(=O)CCl.Cc1nc(Nc2ncc(C(=O)Nc3c(C)cccc3Cl)s2)cc(N2CCN(CCO)CC2)n1.